The lowest BCUT2D eigenvalue weighted by molar-refractivity contribution is -0.0337. The highest BCUT2D eigenvalue weighted by Gasteiger charge is 2.41. The van der Waals surface area contributed by atoms with Crippen LogP contribution in [0.25, 0.3) is 0 Å². The molecule has 5 rings (SSSR count). The maximum absolute atomic E-state index is 6.55. The Kier molecular flexibility index (Phi) is 4.08. The first-order chi connectivity index (χ1) is 12.8. The van der Waals surface area contributed by atoms with Crippen LogP contribution < -0.4 is 9.47 Å². The molecule has 3 heterocycles. The summed E-state index contributed by atoms with van der Waals surface area (Å²) in [6, 6.07) is 10.9. The Morgan fingerprint density at radius 2 is 1.96 bits per heavy atom. The fourth-order valence-electron chi connectivity index (χ4n) is 4.51. The standard InChI is InChI=1S/C22H26N2O2/c1-3-18(4-1)24-13-10-22(11-14-24)9-8-17-15-19(6-7-21(17)26-22)25-20-5-2-12-23-16-20/h2,5-7,12,15-16,18H,1,3-4,8-11,13-14H2. The Morgan fingerprint density at radius 3 is 2.69 bits per heavy atom. The van der Waals surface area contributed by atoms with Crippen LogP contribution in [-0.4, -0.2) is 34.6 Å². The van der Waals surface area contributed by atoms with Crippen LogP contribution in [0.15, 0.2) is 42.7 Å². The van der Waals surface area contributed by atoms with Crippen molar-refractivity contribution in [3.05, 3.63) is 48.3 Å². The van der Waals surface area contributed by atoms with Gasteiger partial charge in [-0.3, -0.25) is 4.98 Å². The van der Waals surface area contributed by atoms with Crippen molar-refractivity contribution >= 4 is 0 Å². The summed E-state index contributed by atoms with van der Waals surface area (Å²) in [7, 11) is 0. The molecule has 4 nitrogen and oxygen atoms in total. The average Bonchev–Trinajstić information content (AvgIpc) is 2.63. The van der Waals surface area contributed by atoms with E-state index >= 15 is 0 Å². The summed E-state index contributed by atoms with van der Waals surface area (Å²) >= 11 is 0. The van der Waals surface area contributed by atoms with Gasteiger partial charge in [-0.25, -0.2) is 0 Å². The SMILES string of the molecule is c1cncc(Oc2ccc3c(c2)CCC2(CCN(C4CCC4)CC2)O3)c1. The van der Waals surface area contributed by atoms with Gasteiger partial charge in [0.1, 0.15) is 22.8 Å². The van der Waals surface area contributed by atoms with E-state index in [9.17, 15) is 0 Å². The van der Waals surface area contributed by atoms with Gasteiger partial charge in [0, 0.05) is 25.3 Å². The van der Waals surface area contributed by atoms with E-state index in [0.717, 1.165) is 49.0 Å². The molecule has 3 aliphatic rings. The van der Waals surface area contributed by atoms with E-state index in [1.54, 1.807) is 12.4 Å². The Labute approximate surface area is 155 Å². The summed E-state index contributed by atoms with van der Waals surface area (Å²) in [6.45, 7) is 2.39. The minimum absolute atomic E-state index is 0.0545. The first-order valence-corrected chi connectivity index (χ1v) is 9.94. The number of rotatable bonds is 3. The van der Waals surface area contributed by atoms with Gasteiger partial charge in [-0.15, -0.1) is 0 Å². The third kappa shape index (κ3) is 3.07. The minimum Gasteiger partial charge on any atom is -0.487 e. The second-order valence-electron chi connectivity index (χ2n) is 7.97. The molecule has 1 saturated carbocycles. The number of hydrogen-bond donors (Lipinski definition) is 0. The van der Waals surface area contributed by atoms with Crippen molar-refractivity contribution in [1.29, 1.82) is 0 Å². The molecule has 1 aromatic heterocycles. The second-order valence-corrected chi connectivity index (χ2v) is 7.97. The molecular formula is C22H26N2O2. The minimum atomic E-state index is 0.0545. The molecule has 2 fully saturated rings. The van der Waals surface area contributed by atoms with Crippen LogP contribution in [0.2, 0.25) is 0 Å². The number of fused-ring (bicyclic) bond motifs is 1. The van der Waals surface area contributed by atoms with Gasteiger partial charge >= 0.3 is 0 Å². The van der Waals surface area contributed by atoms with Crippen molar-refractivity contribution < 1.29 is 9.47 Å². The Bertz CT molecular complexity index is 765. The molecule has 1 saturated heterocycles. The fraction of sp³-hybridized carbons (Fsp3) is 0.500. The van der Waals surface area contributed by atoms with Gasteiger partial charge in [-0.1, -0.05) is 6.42 Å². The van der Waals surface area contributed by atoms with Crippen LogP contribution in [0.4, 0.5) is 0 Å². The normalized spacial score (nSPS) is 22.3. The molecule has 136 valence electrons. The number of likely N-dealkylation sites (tertiary alicyclic amines) is 1. The molecule has 0 radical (unpaired) electrons. The lowest BCUT2D eigenvalue weighted by Crippen LogP contribution is -2.53. The molecule has 2 aliphatic heterocycles. The molecule has 0 atom stereocenters. The average molecular weight is 350 g/mol. The fourth-order valence-corrected chi connectivity index (χ4v) is 4.51. The highest BCUT2D eigenvalue weighted by Crippen LogP contribution is 2.42. The van der Waals surface area contributed by atoms with Crippen LogP contribution >= 0.6 is 0 Å². The predicted molar refractivity (Wildman–Crippen MR) is 101 cm³/mol. The summed E-state index contributed by atoms with van der Waals surface area (Å²) in [5, 5.41) is 0. The van der Waals surface area contributed by atoms with Crippen molar-refractivity contribution in [2.75, 3.05) is 13.1 Å². The summed E-state index contributed by atoms with van der Waals surface area (Å²) < 4.78 is 12.5. The topological polar surface area (TPSA) is 34.6 Å². The van der Waals surface area contributed by atoms with Crippen molar-refractivity contribution in [2.45, 2.75) is 56.6 Å². The molecule has 4 heteroatoms. The van der Waals surface area contributed by atoms with Crippen LogP contribution in [0.5, 0.6) is 17.2 Å². The maximum atomic E-state index is 6.55. The molecule has 0 N–H and O–H groups in total. The summed E-state index contributed by atoms with van der Waals surface area (Å²) in [6.07, 6.45) is 12.2. The van der Waals surface area contributed by atoms with Gasteiger partial charge < -0.3 is 14.4 Å². The molecule has 1 aliphatic carbocycles. The van der Waals surface area contributed by atoms with Crippen LogP contribution in [0.3, 0.4) is 0 Å². The van der Waals surface area contributed by atoms with Gasteiger partial charge in [0.05, 0.1) is 6.20 Å². The van der Waals surface area contributed by atoms with E-state index in [1.165, 1.54) is 37.9 Å². The number of benzene rings is 1. The predicted octanol–water partition coefficient (Wildman–Crippen LogP) is 4.59. The van der Waals surface area contributed by atoms with Gasteiger partial charge in [-0.05, 0) is 74.4 Å². The second kappa shape index (κ2) is 6.58. The molecule has 1 aromatic carbocycles. The number of pyridine rings is 1. The zero-order valence-electron chi connectivity index (χ0n) is 15.2. The maximum Gasteiger partial charge on any atom is 0.145 e. The molecule has 0 unspecified atom stereocenters. The lowest BCUT2D eigenvalue weighted by atomic mass is 9.81. The first kappa shape index (κ1) is 16.1. The largest absolute Gasteiger partial charge is 0.487 e. The van der Waals surface area contributed by atoms with Gasteiger partial charge in [0.25, 0.3) is 0 Å². The van der Waals surface area contributed by atoms with E-state index in [1.807, 2.05) is 18.2 Å². The first-order valence-electron chi connectivity index (χ1n) is 9.94. The van der Waals surface area contributed by atoms with E-state index in [2.05, 4.69) is 22.0 Å². The highest BCUT2D eigenvalue weighted by molar-refractivity contribution is 5.43. The van der Waals surface area contributed by atoms with Crippen molar-refractivity contribution in [3.8, 4) is 17.2 Å². The van der Waals surface area contributed by atoms with Crippen LogP contribution in [0, 0.1) is 0 Å². The number of aryl methyl sites for hydroxylation is 1. The summed E-state index contributed by atoms with van der Waals surface area (Å²) in [5.41, 5.74) is 1.32. The number of aromatic nitrogens is 1. The number of piperidine rings is 1. The highest BCUT2D eigenvalue weighted by atomic mass is 16.5. The summed E-state index contributed by atoms with van der Waals surface area (Å²) in [5.74, 6) is 2.67. The molecule has 2 aromatic rings. The number of hydrogen-bond acceptors (Lipinski definition) is 4. The molecule has 0 bridgehead atoms. The zero-order valence-corrected chi connectivity index (χ0v) is 15.2. The van der Waals surface area contributed by atoms with Crippen molar-refractivity contribution in [3.63, 3.8) is 0 Å². The van der Waals surface area contributed by atoms with Crippen LogP contribution in [-0.2, 0) is 6.42 Å². The third-order valence-corrected chi connectivity index (χ3v) is 6.38. The van der Waals surface area contributed by atoms with E-state index in [4.69, 9.17) is 9.47 Å². The smallest absolute Gasteiger partial charge is 0.145 e. The Hall–Kier alpha value is -2.07. The quantitative estimate of drug-likeness (QED) is 0.811. The van der Waals surface area contributed by atoms with E-state index < -0.39 is 0 Å². The monoisotopic (exact) mass is 350 g/mol. The molecule has 26 heavy (non-hydrogen) atoms. The van der Waals surface area contributed by atoms with E-state index in [-0.39, 0.29) is 5.60 Å². The molecule has 1 spiro atoms. The van der Waals surface area contributed by atoms with Gasteiger partial charge in [0.15, 0.2) is 0 Å². The van der Waals surface area contributed by atoms with Gasteiger partial charge in [-0.2, -0.15) is 0 Å². The summed E-state index contributed by atoms with van der Waals surface area (Å²) in [4.78, 5) is 6.79. The number of ether oxygens (including phenoxy) is 2. The van der Waals surface area contributed by atoms with Crippen LogP contribution in [0.1, 0.15) is 44.1 Å². The lowest BCUT2D eigenvalue weighted by Gasteiger charge is -2.48. The molecular weight excluding hydrogens is 324 g/mol. The third-order valence-electron chi connectivity index (χ3n) is 6.38. The Balaban J connectivity index is 1.26. The van der Waals surface area contributed by atoms with E-state index in [0.29, 0.717) is 0 Å². The van der Waals surface area contributed by atoms with Crippen molar-refractivity contribution in [1.82, 2.24) is 9.88 Å². The van der Waals surface area contributed by atoms with Gasteiger partial charge in [0.2, 0.25) is 0 Å². The molecule has 0 amide bonds. The Morgan fingerprint density at radius 1 is 1.08 bits per heavy atom. The van der Waals surface area contributed by atoms with Crippen molar-refractivity contribution in [2.24, 2.45) is 0 Å². The zero-order chi connectivity index (χ0) is 17.4. The number of nitrogens with zero attached hydrogens (tertiary/aromatic N) is 2.